The van der Waals surface area contributed by atoms with Crippen molar-refractivity contribution in [1.29, 1.82) is 0 Å². The Morgan fingerprint density at radius 1 is 1.35 bits per heavy atom. The van der Waals surface area contributed by atoms with E-state index in [4.69, 9.17) is 4.74 Å². The molecule has 0 heterocycles. The summed E-state index contributed by atoms with van der Waals surface area (Å²) in [5.74, 6) is -0.831. The van der Waals surface area contributed by atoms with Gasteiger partial charge in [-0.15, -0.1) is 0 Å². The number of carbonyl (C=O) groups excluding carboxylic acids is 1. The molecule has 1 saturated carbocycles. The van der Waals surface area contributed by atoms with Crippen LogP contribution in [0.2, 0.25) is 0 Å². The van der Waals surface area contributed by atoms with Gasteiger partial charge in [0.2, 0.25) is 0 Å². The molecule has 0 bridgehead atoms. The first-order valence-corrected chi connectivity index (χ1v) is 6.84. The van der Waals surface area contributed by atoms with Gasteiger partial charge in [-0.05, 0) is 50.3 Å². The number of ether oxygens (including phenoxy) is 1. The number of nitrogens with one attached hydrogen (secondary N) is 1. The fourth-order valence-electron chi connectivity index (χ4n) is 2.52. The van der Waals surface area contributed by atoms with Crippen molar-refractivity contribution >= 4 is 11.7 Å². The number of halogens is 1. The summed E-state index contributed by atoms with van der Waals surface area (Å²) in [4.78, 5) is 11.8. The standard InChI is InChI=1S/C15H20FNO3/c1-9-7-12(15(19)20-2)14(8-13(9)16)17-10-3-5-11(18)6-4-10/h7-8,10-11,17-18H,3-6H2,1-2H3. The van der Waals surface area contributed by atoms with Gasteiger partial charge in [0.25, 0.3) is 0 Å². The van der Waals surface area contributed by atoms with Gasteiger partial charge < -0.3 is 15.2 Å². The summed E-state index contributed by atoms with van der Waals surface area (Å²) in [6, 6.07) is 2.98. The van der Waals surface area contributed by atoms with Gasteiger partial charge in [0.05, 0.1) is 24.5 Å². The second-order valence-electron chi connectivity index (χ2n) is 5.29. The third-order valence-corrected chi connectivity index (χ3v) is 3.76. The molecule has 0 aliphatic heterocycles. The molecule has 5 heteroatoms. The molecule has 0 spiro atoms. The molecule has 0 amide bonds. The first-order valence-electron chi connectivity index (χ1n) is 6.84. The zero-order valence-electron chi connectivity index (χ0n) is 11.8. The van der Waals surface area contributed by atoms with Crippen molar-refractivity contribution in [3.8, 4) is 0 Å². The first-order chi connectivity index (χ1) is 9.51. The molecule has 1 aliphatic rings. The van der Waals surface area contributed by atoms with E-state index in [1.807, 2.05) is 0 Å². The first kappa shape index (κ1) is 14.8. The molecular formula is C15H20FNO3. The number of aliphatic hydroxyl groups excluding tert-OH is 1. The number of aliphatic hydroxyl groups is 1. The maximum atomic E-state index is 13.7. The van der Waals surface area contributed by atoms with E-state index in [0.717, 1.165) is 25.7 Å². The van der Waals surface area contributed by atoms with Crippen LogP contribution in [0.25, 0.3) is 0 Å². The van der Waals surface area contributed by atoms with Crippen LogP contribution in [0.4, 0.5) is 10.1 Å². The van der Waals surface area contributed by atoms with E-state index in [1.165, 1.54) is 19.2 Å². The molecule has 1 aromatic carbocycles. The van der Waals surface area contributed by atoms with Crippen molar-refractivity contribution in [2.75, 3.05) is 12.4 Å². The van der Waals surface area contributed by atoms with E-state index >= 15 is 0 Å². The van der Waals surface area contributed by atoms with Crippen LogP contribution in [0.15, 0.2) is 12.1 Å². The van der Waals surface area contributed by atoms with Crippen LogP contribution >= 0.6 is 0 Å². The van der Waals surface area contributed by atoms with Crippen molar-refractivity contribution in [2.45, 2.75) is 44.8 Å². The van der Waals surface area contributed by atoms with E-state index in [1.54, 1.807) is 6.92 Å². The van der Waals surface area contributed by atoms with Crippen molar-refractivity contribution in [3.63, 3.8) is 0 Å². The highest BCUT2D eigenvalue weighted by molar-refractivity contribution is 5.95. The summed E-state index contributed by atoms with van der Waals surface area (Å²) in [5.41, 5.74) is 1.22. The van der Waals surface area contributed by atoms with Crippen LogP contribution in [0.5, 0.6) is 0 Å². The Kier molecular flexibility index (Phi) is 4.60. The number of methoxy groups -OCH3 is 1. The lowest BCUT2D eigenvalue weighted by atomic mass is 9.92. The van der Waals surface area contributed by atoms with Gasteiger partial charge >= 0.3 is 5.97 Å². The molecule has 0 aromatic heterocycles. The Balaban J connectivity index is 2.21. The number of hydrogen-bond donors (Lipinski definition) is 2. The number of esters is 1. The molecule has 4 nitrogen and oxygen atoms in total. The van der Waals surface area contributed by atoms with Crippen LogP contribution in [0.1, 0.15) is 41.6 Å². The average molecular weight is 281 g/mol. The predicted molar refractivity (Wildman–Crippen MR) is 74.4 cm³/mol. The lowest BCUT2D eigenvalue weighted by Crippen LogP contribution is -2.29. The molecule has 0 atom stereocenters. The Bertz CT molecular complexity index is 496. The van der Waals surface area contributed by atoms with Gasteiger partial charge in [0, 0.05) is 6.04 Å². The summed E-state index contributed by atoms with van der Waals surface area (Å²) >= 11 is 0. The van der Waals surface area contributed by atoms with Crippen LogP contribution in [0, 0.1) is 12.7 Å². The minimum atomic E-state index is -0.480. The summed E-state index contributed by atoms with van der Waals surface area (Å²) < 4.78 is 18.4. The van der Waals surface area contributed by atoms with Gasteiger partial charge in [-0.1, -0.05) is 0 Å². The number of carbonyl (C=O) groups is 1. The Hall–Kier alpha value is -1.62. The third-order valence-electron chi connectivity index (χ3n) is 3.76. The van der Waals surface area contributed by atoms with Crippen molar-refractivity contribution in [2.24, 2.45) is 0 Å². The molecule has 0 unspecified atom stereocenters. The topological polar surface area (TPSA) is 58.6 Å². The number of aryl methyl sites for hydroxylation is 1. The Morgan fingerprint density at radius 3 is 2.60 bits per heavy atom. The minimum Gasteiger partial charge on any atom is -0.465 e. The Labute approximate surface area is 117 Å². The van der Waals surface area contributed by atoms with Crippen molar-refractivity contribution < 1.29 is 19.0 Å². The molecule has 110 valence electrons. The zero-order valence-corrected chi connectivity index (χ0v) is 11.8. The molecular weight excluding hydrogens is 261 g/mol. The number of anilines is 1. The van der Waals surface area contributed by atoms with E-state index in [-0.39, 0.29) is 18.0 Å². The highest BCUT2D eigenvalue weighted by atomic mass is 19.1. The van der Waals surface area contributed by atoms with Gasteiger partial charge in [-0.25, -0.2) is 9.18 Å². The largest absolute Gasteiger partial charge is 0.465 e. The van der Waals surface area contributed by atoms with Crippen molar-refractivity contribution in [1.82, 2.24) is 0 Å². The van der Waals surface area contributed by atoms with E-state index in [9.17, 15) is 14.3 Å². The van der Waals surface area contributed by atoms with Gasteiger partial charge in [-0.2, -0.15) is 0 Å². The lowest BCUT2D eigenvalue weighted by molar-refractivity contribution is 0.0601. The molecule has 0 saturated heterocycles. The number of benzene rings is 1. The van der Waals surface area contributed by atoms with Crippen molar-refractivity contribution in [3.05, 3.63) is 29.1 Å². The maximum Gasteiger partial charge on any atom is 0.339 e. The molecule has 0 radical (unpaired) electrons. The third kappa shape index (κ3) is 3.28. The highest BCUT2D eigenvalue weighted by Crippen LogP contribution is 2.26. The second-order valence-corrected chi connectivity index (χ2v) is 5.29. The SMILES string of the molecule is COC(=O)c1cc(C)c(F)cc1NC1CCC(O)CC1. The summed E-state index contributed by atoms with van der Waals surface area (Å²) in [7, 11) is 1.31. The minimum absolute atomic E-state index is 0.143. The smallest absolute Gasteiger partial charge is 0.339 e. The molecule has 20 heavy (non-hydrogen) atoms. The second kappa shape index (κ2) is 6.22. The number of rotatable bonds is 3. The zero-order chi connectivity index (χ0) is 14.7. The van der Waals surface area contributed by atoms with E-state index in [2.05, 4.69) is 5.32 Å². The summed E-state index contributed by atoms with van der Waals surface area (Å²) in [5, 5.41) is 12.7. The van der Waals surface area contributed by atoms with Crippen LogP contribution in [0.3, 0.4) is 0 Å². The molecule has 1 fully saturated rings. The fraction of sp³-hybridized carbons (Fsp3) is 0.533. The fourth-order valence-corrected chi connectivity index (χ4v) is 2.52. The quantitative estimate of drug-likeness (QED) is 0.836. The molecule has 1 aromatic rings. The normalized spacial score (nSPS) is 22.4. The molecule has 2 rings (SSSR count). The highest BCUT2D eigenvalue weighted by Gasteiger charge is 2.22. The van der Waals surface area contributed by atoms with Crippen LogP contribution in [-0.4, -0.2) is 30.3 Å². The maximum absolute atomic E-state index is 13.7. The van der Waals surface area contributed by atoms with Crippen LogP contribution in [-0.2, 0) is 4.74 Å². The number of hydrogen-bond acceptors (Lipinski definition) is 4. The van der Waals surface area contributed by atoms with Gasteiger partial charge in [0.1, 0.15) is 5.82 Å². The van der Waals surface area contributed by atoms with Gasteiger partial charge in [0.15, 0.2) is 0 Å². The Morgan fingerprint density at radius 2 is 2.00 bits per heavy atom. The van der Waals surface area contributed by atoms with E-state index < -0.39 is 5.97 Å². The summed E-state index contributed by atoms with van der Waals surface area (Å²) in [6.07, 6.45) is 2.80. The summed E-state index contributed by atoms with van der Waals surface area (Å²) in [6.45, 7) is 1.61. The lowest BCUT2D eigenvalue weighted by Gasteiger charge is -2.27. The molecule has 2 N–H and O–H groups in total. The van der Waals surface area contributed by atoms with Crippen LogP contribution < -0.4 is 5.32 Å². The monoisotopic (exact) mass is 281 g/mol. The molecule has 1 aliphatic carbocycles. The van der Waals surface area contributed by atoms with E-state index in [0.29, 0.717) is 16.8 Å². The average Bonchev–Trinajstić information content (AvgIpc) is 2.44. The predicted octanol–water partition coefficient (Wildman–Crippen LogP) is 2.64. The van der Waals surface area contributed by atoms with Gasteiger partial charge in [-0.3, -0.25) is 0 Å².